The lowest BCUT2D eigenvalue weighted by atomic mass is 9.95. The van der Waals surface area contributed by atoms with Crippen LogP contribution in [0.3, 0.4) is 0 Å². The first-order valence-electron chi connectivity index (χ1n) is 18.0. The van der Waals surface area contributed by atoms with Gasteiger partial charge in [0.25, 0.3) is 0 Å². The molecule has 54 heavy (non-hydrogen) atoms. The van der Waals surface area contributed by atoms with Gasteiger partial charge >= 0.3 is 0 Å². The van der Waals surface area contributed by atoms with Gasteiger partial charge in [0, 0.05) is 33.4 Å². The van der Waals surface area contributed by atoms with E-state index in [1.54, 1.807) is 0 Å². The Kier molecular flexibility index (Phi) is 10.1. The zero-order valence-electron chi connectivity index (χ0n) is 29.6. The van der Waals surface area contributed by atoms with Gasteiger partial charge in [-0.05, 0) is 123 Å². The van der Waals surface area contributed by atoms with E-state index in [0.717, 1.165) is 55.6 Å². The van der Waals surface area contributed by atoms with Crippen molar-refractivity contribution in [2.24, 2.45) is 0 Å². The molecule has 0 fully saturated rings. The van der Waals surface area contributed by atoms with Crippen LogP contribution in [0.15, 0.2) is 206 Å². The van der Waals surface area contributed by atoms with Crippen molar-refractivity contribution >= 4 is 0 Å². The molecule has 0 nitrogen and oxygen atoms in total. The van der Waals surface area contributed by atoms with Gasteiger partial charge in [-0.25, -0.2) is 0 Å². The molecule has 250 valence electrons. The van der Waals surface area contributed by atoms with Crippen LogP contribution in [0.5, 0.6) is 0 Å². The second-order valence-electron chi connectivity index (χ2n) is 13.0. The summed E-state index contributed by atoms with van der Waals surface area (Å²) >= 11 is 0. The summed E-state index contributed by atoms with van der Waals surface area (Å²) in [5, 5.41) is 0. The summed E-state index contributed by atoms with van der Waals surface area (Å²) in [6.45, 7) is 0. The van der Waals surface area contributed by atoms with Gasteiger partial charge in [0.05, 0.1) is 0 Å². The number of rotatable bonds is 4. The van der Waals surface area contributed by atoms with E-state index in [4.69, 9.17) is 0 Å². The Morgan fingerprint density at radius 2 is 0.407 bits per heavy atom. The molecule has 0 bridgehead atoms. The zero-order chi connectivity index (χ0) is 36.4. The first-order chi connectivity index (χ1) is 26.7. The zero-order valence-corrected chi connectivity index (χ0v) is 29.6. The van der Waals surface area contributed by atoms with Crippen molar-refractivity contribution in [1.82, 2.24) is 0 Å². The molecule has 0 heterocycles. The molecule has 0 aliphatic rings. The average Bonchev–Trinajstić information content (AvgIpc) is 3.26. The lowest BCUT2D eigenvalue weighted by molar-refractivity contribution is 1.54. The van der Waals surface area contributed by atoms with Crippen molar-refractivity contribution in [3.63, 3.8) is 0 Å². The van der Waals surface area contributed by atoms with Crippen molar-refractivity contribution in [2.75, 3.05) is 0 Å². The van der Waals surface area contributed by atoms with Crippen molar-refractivity contribution in [3.8, 4) is 80.0 Å². The fourth-order valence-electron chi connectivity index (χ4n) is 6.23. The standard InChI is InChI=1S/C54H34/c1-4-10-41(11-5-1)20-21-46-38-53(51-34-26-44(27-35-51)18-16-42-22-30-49(31-23-42)47-12-6-2-7-13-47)40-54(39-46)52-36-28-45(29-37-52)19-17-43-24-32-50(33-25-43)48-14-8-3-9-15-48/h1-15,22-40H. The molecule has 0 saturated heterocycles. The molecule has 0 radical (unpaired) electrons. The van der Waals surface area contributed by atoms with Crippen LogP contribution >= 0.6 is 0 Å². The highest BCUT2D eigenvalue weighted by Gasteiger charge is 2.06. The normalized spacial score (nSPS) is 10.1. The van der Waals surface area contributed by atoms with Crippen LogP contribution in [-0.4, -0.2) is 0 Å². The monoisotopic (exact) mass is 682 g/mol. The predicted octanol–water partition coefficient (Wildman–Crippen LogP) is 12.6. The molecular formula is C54H34. The van der Waals surface area contributed by atoms with Crippen molar-refractivity contribution in [1.29, 1.82) is 0 Å². The van der Waals surface area contributed by atoms with Crippen LogP contribution in [-0.2, 0) is 0 Å². The molecule has 8 aromatic carbocycles. The minimum Gasteiger partial charge on any atom is -0.0622 e. The molecule has 0 aliphatic heterocycles. The Hall–Kier alpha value is -7.56. The van der Waals surface area contributed by atoms with E-state index in [1.807, 2.05) is 42.5 Å². The van der Waals surface area contributed by atoms with Crippen LogP contribution in [0, 0.1) is 35.5 Å². The Balaban J connectivity index is 1.03. The van der Waals surface area contributed by atoms with E-state index in [-0.39, 0.29) is 0 Å². The maximum atomic E-state index is 3.41. The quantitative estimate of drug-likeness (QED) is 0.162. The second kappa shape index (κ2) is 16.2. The summed E-state index contributed by atoms with van der Waals surface area (Å²) in [5.41, 5.74) is 15.1. The van der Waals surface area contributed by atoms with Crippen LogP contribution in [0.2, 0.25) is 0 Å². The first kappa shape index (κ1) is 33.6. The Bertz CT molecular complexity index is 2520. The third-order valence-corrected chi connectivity index (χ3v) is 9.18. The average molecular weight is 683 g/mol. The lowest BCUT2D eigenvalue weighted by Crippen LogP contribution is -1.87. The SMILES string of the molecule is C(#Cc1cc(-c2ccc(C#Cc3ccc(-c4ccccc4)cc3)cc2)cc(-c2ccc(C#Cc3ccc(-c4ccccc4)cc3)cc2)c1)c1ccccc1. The predicted molar refractivity (Wildman–Crippen MR) is 225 cm³/mol. The van der Waals surface area contributed by atoms with E-state index in [0.29, 0.717) is 0 Å². The van der Waals surface area contributed by atoms with Crippen LogP contribution in [0.25, 0.3) is 44.5 Å². The Morgan fingerprint density at radius 1 is 0.167 bits per heavy atom. The highest BCUT2D eigenvalue weighted by Crippen LogP contribution is 2.29. The minimum atomic E-state index is 0.956. The van der Waals surface area contributed by atoms with Gasteiger partial charge in [-0.15, -0.1) is 0 Å². The molecule has 0 spiro atoms. The van der Waals surface area contributed by atoms with Gasteiger partial charge in [-0.2, -0.15) is 0 Å². The van der Waals surface area contributed by atoms with Crippen LogP contribution < -0.4 is 0 Å². The van der Waals surface area contributed by atoms with Gasteiger partial charge in [-0.1, -0.05) is 163 Å². The molecule has 0 aliphatic carbocycles. The smallest absolute Gasteiger partial charge is 0.0261 e. The maximum absolute atomic E-state index is 3.41. The Labute approximate surface area is 318 Å². The number of benzene rings is 8. The molecule has 0 atom stereocenters. The van der Waals surface area contributed by atoms with Gasteiger partial charge in [-0.3, -0.25) is 0 Å². The van der Waals surface area contributed by atoms with Crippen LogP contribution in [0.1, 0.15) is 33.4 Å². The lowest BCUT2D eigenvalue weighted by Gasteiger charge is -2.09. The largest absolute Gasteiger partial charge is 0.0622 e. The molecule has 0 unspecified atom stereocenters. The van der Waals surface area contributed by atoms with Crippen molar-refractivity contribution < 1.29 is 0 Å². The number of hydrogen-bond acceptors (Lipinski definition) is 0. The molecule has 8 aromatic rings. The van der Waals surface area contributed by atoms with Gasteiger partial charge < -0.3 is 0 Å². The van der Waals surface area contributed by atoms with Gasteiger partial charge in [0.15, 0.2) is 0 Å². The van der Waals surface area contributed by atoms with E-state index in [9.17, 15) is 0 Å². The maximum Gasteiger partial charge on any atom is 0.0261 e. The summed E-state index contributed by atoms with van der Waals surface area (Å²) in [5.74, 6) is 20.1. The molecule has 0 heteroatoms. The van der Waals surface area contributed by atoms with Crippen molar-refractivity contribution in [3.05, 3.63) is 240 Å². The molecule has 0 saturated carbocycles. The van der Waals surface area contributed by atoms with Gasteiger partial charge in [0.2, 0.25) is 0 Å². The molecule has 8 rings (SSSR count). The molecule has 0 aromatic heterocycles. The molecule has 0 amide bonds. The highest BCUT2D eigenvalue weighted by atomic mass is 14.1. The third-order valence-electron chi connectivity index (χ3n) is 9.18. The summed E-state index contributed by atoms with van der Waals surface area (Å²) in [6, 6.07) is 71.2. The highest BCUT2D eigenvalue weighted by molar-refractivity contribution is 5.76. The summed E-state index contributed by atoms with van der Waals surface area (Å²) in [4.78, 5) is 0. The Morgan fingerprint density at radius 3 is 0.741 bits per heavy atom. The van der Waals surface area contributed by atoms with E-state index in [1.165, 1.54) is 22.3 Å². The summed E-state index contributed by atoms with van der Waals surface area (Å²) in [6.07, 6.45) is 0. The topological polar surface area (TPSA) is 0 Å². The molecular weight excluding hydrogens is 649 g/mol. The summed E-state index contributed by atoms with van der Waals surface area (Å²) in [7, 11) is 0. The fourth-order valence-corrected chi connectivity index (χ4v) is 6.23. The molecule has 0 N–H and O–H groups in total. The van der Waals surface area contributed by atoms with Crippen molar-refractivity contribution in [2.45, 2.75) is 0 Å². The van der Waals surface area contributed by atoms with Gasteiger partial charge in [0.1, 0.15) is 0 Å². The number of hydrogen-bond donors (Lipinski definition) is 0. The fraction of sp³-hybridized carbons (Fsp3) is 0. The second-order valence-corrected chi connectivity index (χ2v) is 13.0. The first-order valence-corrected chi connectivity index (χ1v) is 18.0. The van der Waals surface area contributed by atoms with E-state index < -0.39 is 0 Å². The van der Waals surface area contributed by atoms with E-state index >= 15 is 0 Å². The third kappa shape index (κ3) is 8.48. The van der Waals surface area contributed by atoms with Crippen LogP contribution in [0.4, 0.5) is 0 Å². The minimum absolute atomic E-state index is 0.956. The van der Waals surface area contributed by atoms with E-state index in [2.05, 4.69) is 199 Å². The summed E-state index contributed by atoms with van der Waals surface area (Å²) < 4.78 is 0.